The number of piperidine rings is 1. The molecule has 0 saturated carbocycles. The lowest BCUT2D eigenvalue weighted by atomic mass is 9.99. The molecular weight excluding hydrogens is 304 g/mol. The van der Waals surface area contributed by atoms with Crippen molar-refractivity contribution in [3.63, 3.8) is 0 Å². The van der Waals surface area contributed by atoms with Crippen LogP contribution in [0.25, 0.3) is 0 Å². The molecule has 1 atom stereocenters. The highest BCUT2D eigenvalue weighted by Crippen LogP contribution is 2.22. The summed E-state index contributed by atoms with van der Waals surface area (Å²) in [5.74, 6) is 0.0720. The lowest BCUT2D eigenvalue weighted by molar-refractivity contribution is -0.120. The largest absolute Gasteiger partial charge is 0.336 e. The number of nitrogens with one attached hydrogen (secondary N) is 3. The van der Waals surface area contributed by atoms with Crippen LogP contribution < -0.4 is 20.9 Å². The molecule has 6 nitrogen and oxygen atoms in total. The Kier molecular flexibility index (Phi) is 5.63. The van der Waals surface area contributed by atoms with Gasteiger partial charge in [0.05, 0.1) is 5.92 Å². The second kappa shape index (κ2) is 7.47. The van der Waals surface area contributed by atoms with Gasteiger partial charge >= 0.3 is 6.03 Å². The minimum absolute atomic E-state index is 0. The van der Waals surface area contributed by atoms with Crippen molar-refractivity contribution in [3.8, 4) is 0 Å². The Morgan fingerprint density at radius 1 is 1.32 bits per heavy atom. The van der Waals surface area contributed by atoms with E-state index in [9.17, 15) is 9.59 Å². The topological polar surface area (TPSA) is 73.5 Å². The van der Waals surface area contributed by atoms with Gasteiger partial charge in [-0.3, -0.25) is 9.69 Å². The van der Waals surface area contributed by atoms with Gasteiger partial charge in [0.25, 0.3) is 0 Å². The zero-order valence-corrected chi connectivity index (χ0v) is 13.1. The van der Waals surface area contributed by atoms with Crippen molar-refractivity contribution in [2.24, 2.45) is 5.92 Å². The molecule has 0 unspecified atom stereocenters. The number of carbonyl (C=O) groups is 2. The van der Waals surface area contributed by atoms with Crippen molar-refractivity contribution < 1.29 is 9.59 Å². The van der Waals surface area contributed by atoms with Crippen LogP contribution >= 0.6 is 12.4 Å². The third-order valence-corrected chi connectivity index (χ3v) is 3.95. The average molecular weight is 325 g/mol. The van der Waals surface area contributed by atoms with Crippen LogP contribution in [0.15, 0.2) is 24.3 Å². The zero-order valence-electron chi connectivity index (χ0n) is 12.3. The minimum Gasteiger partial charge on any atom is -0.336 e. The molecule has 2 aliphatic heterocycles. The molecule has 120 valence electrons. The van der Waals surface area contributed by atoms with Gasteiger partial charge in [-0.15, -0.1) is 12.4 Å². The number of nitrogens with zero attached hydrogens (tertiary/aromatic N) is 1. The van der Waals surface area contributed by atoms with Crippen molar-refractivity contribution in [3.05, 3.63) is 24.3 Å². The number of carbonyl (C=O) groups excluding carboxylic acids is 2. The molecule has 2 heterocycles. The van der Waals surface area contributed by atoms with Crippen molar-refractivity contribution in [1.82, 2.24) is 10.6 Å². The Morgan fingerprint density at radius 3 is 2.86 bits per heavy atom. The third-order valence-electron chi connectivity index (χ3n) is 3.95. The van der Waals surface area contributed by atoms with E-state index in [0.717, 1.165) is 37.3 Å². The fourth-order valence-electron chi connectivity index (χ4n) is 2.79. The average Bonchev–Trinajstić information content (AvgIpc) is 2.94. The lowest BCUT2D eigenvalue weighted by Crippen LogP contribution is -2.37. The quantitative estimate of drug-likeness (QED) is 0.790. The maximum atomic E-state index is 12.2. The number of urea groups is 1. The van der Waals surface area contributed by atoms with Gasteiger partial charge in [-0.1, -0.05) is 6.07 Å². The number of hydrogen-bond acceptors (Lipinski definition) is 3. The smallest absolute Gasteiger partial charge is 0.321 e. The van der Waals surface area contributed by atoms with E-state index >= 15 is 0 Å². The first kappa shape index (κ1) is 16.6. The number of hydrogen-bond donors (Lipinski definition) is 3. The van der Waals surface area contributed by atoms with E-state index < -0.39 is 0 Å². The summed E-state index contributed by atoms with van der Waals surface area (Å²) in [5, 5.41) is 8.97. The summed E-state index contributed by atoms with van der Waals surface area (Å²) in [5.41, 5.74) is 1.55. The van der Waals surface area contributed by atoms with Crippen LogP contribution in [-0.2, 0) is 4.79 Å². The molecule has 7 heteroatoms. The van der Waals surface area contributed by atoms with E-state index in [1.54, 1.807) is 4.90 Å². The van der Waals surface area contributed by atoms with Gasteiger partial charge in [-0.05, 0) is 37.6 Å². The predicted octanol–water partition coefficient (Wildman–Crippen LogP) is 1.58. The molecule has 0 aliphatic carbocycles. The Balaban J connectivity index is 0.00000176. The molecule has 2 aliphatic rings. The zero-order chi connectivity index (χ0) is 14.7. The summed E-state index contributed by atoms with van der Waals surface area (Å²) in [7, 11) is 0. The maximum Gasteiger partial charge on any atom is 0.321 e. The predicted molar refractivity (Wildman–Crippen MR) is 88.7 cm³/mol. The molecule has 3 amide bonds. The summed E-state index contributed by atoms with van der Waals surface area (Å²) in [4.78, 5) is 25.6. The molecule has 2 saturated heterocycles. The number of rotatable bonds is 3. The van der Waals surface area contributed by atoms with E-state index in [2.05, 4.69) is 16.0 Å². The molecule has 0 bridgehead atoms. The Labute approximate surface area is 136 Å². The highest BCUT2D eigenvalue weighted by atomic mass is 35.5. The molecule has 0 radical (unpaired) electrons. The highest BCUT2D eigenvalue weighted by Gasteiger charge is 2.23. The highest BCUT2D eigenvalue weighted by molar-refractivity contribution is 5.96. The van der Waals surface area contributed by atoms with Gasteiger partial charge in [-0.25, -0.2) is 4.79 Å². The number of anilines is 2. The van der Waals surface area contributed by atoms with Gasteiger partial charge in [0.2, 0.25) is 5.91 Å². The van der Waals surface area contributed by atoms with Crippen LogP contribution in [0.5, 0.6) is 0 Å². The molecule has 0 aromatic heterocycles. The fraction of sp³-hybridized carbons (Fsp3) is 0.467. The standard InChI is InChI=1S/C15H20N4O2.ClH/c20-14(11-3-2-6-16-10-11)18-12-4-1-5-13(9-12)19-8-7-17-15(19)21;/h1,4-5,9,11,16H,2-3,6-8,10H2,(H,17,21)(H,18,20);1H/t11-;/m1./s1. The molecule has 1 aromatic rings. The van der Waals surface area contributed by atoms with Gasteiger partial charge in [0.15, 0.2) is 0 Å². The summed E-state index contributed by atoms with van der Waals surface area (Å²) in [6, 6.07) is 7.35. The number of amides is 3. The van der Waals surface area contributed by atoms with Crippen LogP contribution in [0, 0.1) is 5.92 Å². The molecule has 3 rings (SSSR count). The molecule has 2 fully saturated rings. The van der Waals surface area contributed by atoms with E-state index in [0.29, 0.717) is 13.1 Å². The Bertz CT molecular complexity index is 546. The van der Waals surface area contributed by atoms with E-state index in [1.165, 1.54) is 0 Å². The SMILES string of the molecule is Cl.O=C(Nc1cccc(N2CCNC2=O)c1)[C@@H]1CCCNC1. The van der Waals surface area contributed by atoms with Crippen molar-refractivity contribution in [2.75, 3.05) is 36.4 Å². The summed E-state index contributed by atoms with van der Waals surface area (Å²) < 4.78 is 0. The van der Waals surface area contributed by atoms with Gasteiger partial charge in [0.1, 0.15) is 0 Å². The van der Waals surface area contributed by atoms with Crippen LogP contribution in [0.3, 0.4) is 0 Å². The maximum absolute atomic E-state index is 12.2. The van der Waals surface area contributed by atoms with Crippen LogP contribution in [0.1, 0.15) is 12.8 Å². The Morgan fingerprint density at radius 2 is 2.18 bits per heavy atom. The first-order valence-corrected chi connectivity index (χ1v) is 7.41. The summed E-state index contributed by atoms with van der Waals surface area (Å²) in [6.07, 6.45) is 1.96. The van der Waals surface area contributed by atoms with E-state index in [-0.39, 0.29) is 30.3 Å². The molecule has 1 aromatic carbocycles. The minimum atomic E-state index is -0.0880. The van der Waals surface area contributed by atoms with Crippen molar-refractivity contribution in [1.29, 1.82) is 0 Å². The van der Waals surface area contributed by atoms with Gasteiger partial charge < -0.3 is 16.0 Å². The van der Waals surface area contributed by atoms with Crippen LogP contribution in [0.2, 0.25) is 0 Å². The monoisotopic (exact) mass is 324 g/mol. The molecule has 22 heavy (non-hydrogen) atoms. The van der Waals surface area contributed by atoms with Crippen LogP contribution in [-0.4, -0.2) is 38.1 Å². The summed E-state index contributed by atoms with van der Waals surface area (Å²) in [6.45, 7) is 3.04. The summed E-state index contributed by atoms with van der Waals surface area (Å²) >= 11 is 0. The second-order valence-electron chi connectivity index (χ2n) is 5.47. The fourth-order valence-corrected chi connectivity index (χ4v) is 2.79. The second-order valence-corrected chi connectivity index (χ2v) is 5.47. The molecule has 3 N–H and O–H groups in total. The third kappa shape index (κ3) is 3.69. The van der Waals surface area contributed by atoms with E-state index in [4.69, 9.17) is 0 Å². The first-order valence-electron chi connectivity index (χ1n) is 7.41. The normalized spacial score (nSPS) is 21.0. The number of benzene rings is 1. The van der Waals surface area contributed by atoms with Crippen LogP contribution in [0.4, 0.5) is 16.2 Å². The number of halogens is 1. The van der Waals surface area contributed by atoms with Crippen molar-refractivity contribution in [2.45, 2.75) is 12.8 Å². The Hall–Kier alpha value is -1.79. The van der Waals surface area contributed by atoms with E-state index in [1.807, 2.05) is 24.3 Å². The molecular formula is C15H21ClN4O2. The van der Waals surface area contributed by atoms with Gasteiger partial charge in [0, 0.05) is 31.0 Å². The van der Waals surface area contributed by atoms with Crippen molar-refractivity contribution >= 4 is 35.7 Å². The first-order chi connectivity index (χ1) is 10.2. The molecule has 0 spiro atoms. The lowest BCUT2D eigenvalue weighted by Gasteiger charge is -2.22. The van der Waals surface area contributed by atoms with Gasteiger partial charge in [-0.2, -0.15) is 0 Å².